The maximum atomic E-state index is 13.6. The first-order valence-electron chi connectivity index (χ1n) is 8.39. The van der Waals surface area contributed by atoms with Crippen LogP contribution in [0.25, 0.3) is 10.8 Å². The van der Waals surface area contributed by atoms with Crippen LogP contribution < -0.4 is 5.32 Å². The Morgan fingerprint density at radius 3 is 2.50 bits per heavy atom. The van der Waals surface area contributed by atoms with Crippen LogP contribution >= 0.6 is 0 Å². The summed E-state index contributed by atoms with van der Waals surface area (Å²) in [7, 11) is 0. The highest BCUT2D eigenvalue weighted by molar-refractivity contribution is 5.83. The Hall–Kier alpha value is -2.79. The van der Waals surface area contributed by atoms with Gasteiger partial charge in [-0.3, -0.25) is 4.79 Å². The highest BCUT2D eigenvalue weighted by Crippen LogP contribution is 2.20. The van der Waals surface area contributed by atoms with Gasteiger partial charge in [-0.2, -0.15) is 0 Å². The predicted octanol–water partition coefficient (Wildman–Crippen LogP) is 3.90. The lowest BCUT2D eigenvalue weighted by Gasteiger charge is -2.17. The summed E-state index contributed by atoms with van der Waals surface area (Å²) < 4.78 is 26.5. The van der Waals surface area contributed by atoms with Crippen LogP contribution in [0.3, 0.4) is 0 Å². The van der Waals surface area contributed by atoms with E-state index >= 15 is 0 Å². The SMILES string of the molecule is O=C(CCc1ccc(F)cc1F)NC(CO)c1ccc2ccccc2c1. The molecular weight excluding hydrogens is 336 g/mol. The molecule has 2 N–H and O–H groups in total. The second-order valence-corrected chi connectivity index (χ2v) is 6.14. The number of aliphatic hydroxyl groups excluding tert-OH is 1. The summed E-state index contributed by atoms with van der Waals surface area (Å²) in [6.45, 7) is -0.241. The summed E-state index contributed by atoms with van der Waals surface area (Å²) in [5, 5.41) is 14.5. The number of aliphatic hydroxyl groups is 1. The van der Waals surface area contributed by atoms with Crippen LogP contribution in [0.1, 0.15) is 23.6 Å². The average Bonchev–Trinajstić information content (AvgIpc) is 2.65. The zero-order valence-electron chi connectivity index (χ0n) is 14.1. The summed E-state index contributed by atoms with van der Waals surface area (Å²) in [5.41, 5.74) is 1.08. The van der Waals surface area contributed by atoms with Gasteiger partial charge in [0.15, 0.2) is 0 Å². The molecule has 3 rings (SSSR count). The van der Waals surface area contributed by atoms with Gasteiger partial charge in [0.1, 0.15) is 11.6 Å². The molecule has 0 fully saturated rings. The van der Waals surface area contributed by atoms with E-state index in [4.69, 9.17) is 0 Å². The van der Waals surface area contributed by atoms with Gasteiger partial charge in [0, 0.05) is 12.5 Å². The van der Waals surface area contributed by atoms with E-state index in [-0.39, 0.29) is 30.9 Å². The van der Waals surface area contributed by atoms with E-state index < -0.39 is 17.7 Å². The Morgan fingerprint density at radius 1 is 1.00 bits per heavy atom. The van der Waals surface area contributed by atoms with E-state index in [1.54, 1.807) is 0 Å². The second kappa shape index (κ2) is 8.06. The van der Waals surface area contributed by atoms with Crippen molar-refractivity contribution in [1.29, 1.82) is 0 Å². The molecule has 1 atom stereocenters. The van der Waals surface area contributed by atoms with Crippen molar-refractivity contribution < 1.29 is 18.7 Å². The number of fused-ring (bicyclic) bond motifs is 1. The van der Waals surface area contributed by atoms with Crippen molar-refractivity contribution in [3.8, 4) is 0 Å². The molecule has 3 aromatic carbocycles. The van der Waals surface area contributed by atoms with Gasteiger partial charge >= 0.3 is 0 Å². The van der Waals surface area contributed by atoms with Crippen molar-refractivity contribution >= 4 is 16.7 Å². The van der Waals surface area contributed by atoms with Gasteiger partial charge in [0.2, 0.25) is 5.91 Å². The molecule has 1 unspecified atom stereocenters. The Kier molecular flexibility index (Phi) is 5.58. The first kappa shape index (κ1) is 18.0. The van der Waals surface area contributed by atoms with E-state index in [0.717, 1.165) is 22.4 Å². The number of hydrogen-bond donors (Lipinski definition) is 2. The highest BCUT2D eigenvalue weighted by atomic mass is 19.1. The molecule has 0 radical (unpaired) electrons. The summed E-state index contributed by atoms with van der Waals surface area (Å²) >= 11 is 0. The first-order valence-corrected chi connectivity index (χ1v) is 8.39. The number of halogens is 2. The number of aryl methyl sites for hydroxylation is 1. The summed E-state index contributed by atoms with van der Waals surface area (Å²) in [6.07, 6.45) is 0.209. The molecule has 5 heteroatoms. The molecular formula is C21H19F2NO2. The smallest absolute Gasteiger partial charge is 0.220 e. The average molecular weight is 355 g/mol. The van der Waals surface area contributed by atoms with E-state index in [1.807, 2.05) is 42.5 Å². The van der Waals surface area contributed by atoms with E-state index in [2.05, 4.69) is 5.32 Å². The normalized spacial score (nSPS) is 12.1. The van der Waals surface area contributed by atoms with Gasteiger partial charge in [-0.05, 0) is 40.5 Å². The second-order valence-electron chi connectivity index (χ2n) is 6.14. The number of nitrogens with one attached hydrogen (secondary N) is 1. The van der Waals surface area contributed by atoms with Gasteiger partial charge in [-0.25, -0.2) is 8.78 Å². The van der Waals surface area contributed by atoms with Crippen LogP contribution in [0, 0.1) is 11.6 Å². The number of hydrogen-bond acceptors (Lipinski definition) is 2. The van der Waals surface area contributed by atoms with Gasteiger partial charge in [0.25, 0.3) is 0 Å². The Morgan fingerprint density at radius 2 is 1.77 bits per heavy atom. The van der Waals surface area contributed by atoms with E-state index in [9.17, 15) is 18.7 Å². The van der Waals surface area contributed by atoms with Gasteiger partial charge in [0.05, 0.1) is 12.6 Å². The molecule has 0 aliphatic heterocycles. The minimum absolute atomic E-state index is 0.0482. The Balaban J connectivity index is 1.65. The zero-order valence-corrected chi connectivity index (χ0v) is 14.1. The molecule has 0 aliphatic rings. The third-order valence-corrected chi connectivity index (χ3v) is 4.33. The largest absolute Gasteiger partial charge is 0.394 e. The van der Waals surface area contributed by atoms with Crippen LogP contribution in [0.2, 0.25) is 0 Å². The standard InChI is InChI=1S/C21H19F2NO2/c22-18-9-7-15(19(23)12-18)8-10-21(26)24-20(13-25)17-6-5-14-3-1-2-4-16(14)11-17/h1-7,9,11-12,20,25H,8,10,13H2,(H,24,26). The molecule has 0 bridgehead atoms. The fourth-order valence-corrected chi connectivity index (χ4v) is 2.90. The summed E-state index contributed by atoms with van der Waals surface area (Å²) in [6, 6.07) is 16.3. The molecule has 0 spiro atoms. The minimum atomic E-state index is -0.661. The maximum Gasteiger partial charge on any atom is 0.220 e. The van der Waals surface area contributed by atoms with Crippen molar-refractivity contribution in [2.75, 3.05) is 6.61 Å². The first-order chi connectivity index (χ1) is 12.6. The third kappa shape index (κ3) is 4.24. The lowest BCUT2D eigenvalue weighted by atomic mass is 10.0. The fourth-order valence-electron chi connectivity index (χ4n) is 2.90. The molecule has 0 saturated carbocycles. The number of benzene rings is 3. The summed E-state index contributed by atoms with van der Waals surface area (Å²) in [5.74, 6) is -1.61. The minimum Gasteiger partial charge on any atom is -0.394 e. The molecule has 3 nitrogen and oxygen atoms in total. The lowest BCUT2D eigenvalue weighted by molar-refractivity contribution is -0.122. The van der Waals surface area contributed by atoms with E-state index in [0.29, 0.717) is 0 Å². The maximum absolute atomic E-state index is 13.6. The van der Waals surface area contributed by atoms with Crippen molar-refractivity contribution in [2.24, 2.45) is 0 Å². The molecule has 26 heavy (non-hydrogen) atoms. The van der Waals surface area contributed by atoms with Crippen molar-refractivity contribution in [3.05, 3.63) is 83.4 Å². The van der Waals surface area contributed by atoms with Gasteiger partial charge in [-0.15, -0.1) is 0 Å². The Labute approximate surface area is 150 Å². The van der Waals surface area contributed by atoms with Gasteiger partial charge < -0.3 is 10.4 Å². The van der Waals surface area contributed by atoms with E-state index in [1.165, 1.54) is 12.1 Å². The lowest BCUT2D eigenvalue weighted by Crippen LogP contribution is -2.31. The number of rotatable bonds is 6. The topological polar surface area (TPSA) is 49.3 Å². The highest BCUT2D eigenvalue weighted by Gasteiger charge is 2.15. The number of carbonyl (C=O) groups excluding carboxylic acids is 1. The Bertz CT molecular complexity index is 927. The third-order valence-electron chi connectivity index (χ3n) is 4.33. The van der Waals surface area contributed by atoms with Crippen molar-refractivity contribution in [2.45, 2.75) is 18.9 Å². The molecule has 1 amide bonds. The van der Waals surface area contributed by atoms with Crippen LogP contribution in [-0.4, -0.2) is 17.6 Å². The molecule has 0 saturated heterocycles. The zero-order chi connectivity index (χ0) is 18.5. The predicted molar refractivity (Wildman–Crippen MR) is 96.6 cm³/mol. The van der Waals surface area contributed by atoms with Gasteiger partial charge in [-0.1, -0.05) is 42.5 Å². The number of amides is 1. The molecule has 0 heterocycles. The quantitative estimate of drug-likeness (QED) is 0.705. The van der Waals surface area contributed by atoms with Crippen molar-refractivity contribution in [1.82, 2.24) is 5.32 Å². The molecule has 134 valence electrons. The van der Waals surface area contributed by atoms with Crippen LogP contribution in [0.15, 0.2) is 60.7 Å². The van der Waals surface area contributed by atoms with Crippen LogP contribution in [0.4, 0.5) is 8.78 Å². The monoisotopic (exact) mass is 355 g/mol. The fraction of sp³-hybridized carbons (Fsp3) is 0.190. The molecule has 0 aliphatic carbocycles. The number of carbonyl (C=O) groups is 1. The molecule has 0 aromatic heterocycles. The van der Waals surface area contributed by atoms with Crippen LogP contribution in [0.5, 0.6) is 0 Å². The molecule has 3 aromatic rings. The summed E-state index contributed by atoms with van der Waals surface area (Å²) in [4.78, 5) is 12.2. The van der Waals surface area contributed by atoms with Crippen molar-refractivity contribution in [3.63, 3.8) is 0 Å². The van der Waals surface area contributed by atoms with Crippen LogP contribution in [-0.2, 0) is 11.2 Å².